The Morgan fingerprint density at radius 2 is 0.799 bits per heavy atom. The summed E-state index contributed by atoms with van der Waals surface area (Å²) >= 11 is 0. The van der Waals surface area contributed by atoms with Crippen molar-refractivity contribution >= 4 is 53.7 Å². The van der Waals surface area contributed by atoms with E-state index in [1.54, 1.807) is 0 Å². The number of fused-ring (bicyclic) bond motifs is 16. The number of carbonyl (C=O) groups excluding carboxylic acids is 9. The molecule has 34 heteroatoms. The lowest BCUT2D eigenvalue weighted by atomic mass is 9.52. The van der Waals surface area contributed by atoms with Crippen LogP contribution in [0, 0.1) is 144 Å². The zero-order valence-electron chi connectivity index (χ0n) is 89.4. The third-order valence-corrected chi connectivity index (χ3v) is 39.8. The van der Waals surface area contributed by atoms with Crippen LogP contribution in [0.15, 0.2) is 0 Å². The molecule has 14 bridgehead atoms. The summed E-state index contributed by atoms with van der Waals surface area (Å²) in [6.45, 7) is 43.7. The zero-order chi connectivity index (χ0) is 108. The fourth-order valence-electron chi connectivity index (χ4n) is 28.1. The summed E-state index contributed by atoms with van der Waals surface area (Å²) in [4.78, 5) is 109. The number of ether oxygens (including phenoxy) is 10. The molecule has 3 N–H and O–H groups in total. The maximum atomic E-state index is 13.3. The van der Waals surface area contributed by atoms with Gasteiger partial charge in [0.1, 0.15) is 47.3 Å². The van der Waals surface area contributed by atoms with Crippen molar-refractivity contribution in [3.63, 3.8) is 0 Å². The van der Waals surface area contributed by atoms with E-state index < -0.39 is 119 Å². The minimum absolute atomic E-state index is 0.0184. The van der Waals surface area contributed by atoms with Crippen molar-refractivity contribution in [2.24, 2.45) is 144 Å². The fourth-order valence-corrected chi connectivity index (χ4v) is 28.1. The fraction of sp³-hybridized carbons (Fsp3) is 0.918. The van der Waals surface area contributed by atoms with Crippen LogP contribution in [0.25, 0.3) is 0 Å². The molecule has 4 heterocycles. The van der Waals surface area contributed by atoms with Gasteiger partial charge in [-0.05, 0) is 374 Å². The predicted octanol–water partition coefficient (Wildman–Crippen LogP) is 23.8. The first-order chi connectivity index (χ1) is 66.3. The third-order valence-electron chi connectivity index (χ3n) is 39.8. The Labute approximate surface area is 843 Å². The smallest absolute Gasteiger partial charge is 0.426 e. The third kappa shape index (κ3) is 22.7. The number of halogens is 12. The van der Waals surface area contributed by atoms with E-state index in [1.807, 2.05) is 111 Å². The lowest BCUT2D eigenvalue weighted by Gasteiger charge is -2.59. The highest BCUT2D eigenvalue weighted by molar-refractivity contribution is 5.81. The highest BCUT2D eigenvalue weighted by Crippen LogP contribution is 2.72. The number of esters is 9. The average Bonchev–Trinajstić information content (AvgIpc) is 1.58. The summed E-state index contributed by atoms with van der Waals surface area (Å²) < 4.78 is 216. The minimum Gasteiger partial charge on any atom is -0.462 e. The molecule has 15 aliphatic carbocycles. The molecule has 19 fully saturated rings. The molecular weight excluding hydrogens is 1900 g/mol. The van der Waals surface area contributed by atoms with Crippen molar-refractivity contribution in [3.05, 3.63) is 0 Å². The van der Waals surface area contributed by atoms with Gasteiger partial charge in [-0.25, -0.2) is 0 Å². The molecule has 0 aromatic rings. The van der Waals surface area contributed by atoms with Gasteiger partial charge >= 0.3 is 78.4 Å². The molecule has 0 aromatic carbocycles. The van der Waals surface area contributed by atoms with Crippen LogP contribution in [0.2, 0.25) is 0 Å². The molecule has 824 valence electrons. The summed E-state index contributed by atoms with van der Waals surface area (Å²) in [6.07, 6.45) is -2.31. The van der Waals surface area contributed by atoms with E-state index in [0.29, 0.717) is 54.8 Å². The largest absolute Gasteiger partial charge is 0.462 e. The van der Waals surface area contributed by atoms with Crippen LogP contribution in [0.1, 0.15) is 384 Å². The van der Waals surface area contributed by atoms with E-state index in [9.17, 15) is 111 Å². The molecule has 0 spiro atoms. The van der Waals surface area contributed by atoms with Gasteiger partial charge in [-0.1, -0.05) is 68.7 Å². The van der Waals surface area contributed by atoms with Gasteiger partial charge in [-0.15, -0.1) is 0 Å². The maximum Gasteiger partial charge on any atom is 0.426 e. The first kappa shape index (κ1) is 117. The van der Waals surface area contributed by atoms with Gasteiger partial charge in [0.05, 0.1) is 61.4 Å². The molecule has 22 nitrogen and oxygen atoms in total. The van der Waals surface area contributed by atoms with E-state index in [0.717, 1.165) is 156 Å². The predicted molar refractivity (Wildman–Crippen MR) is 505 cm³/mol. The molecular formula is C110H168F12O22. The van der Waals surface area contributed by atoms with Crippen molar-refractivity contribution < 1.29 is 159 Å². The van der Waals surface area contributed by atoms with E-state index in [1.165, 1.54) is 91.4 Å². The quantitative estimate of drug-likeness (QED) is 0.0331. The molecule has 19 rings (SSSR count). The van der Waals surface area contributed by atoms with Crippen molar-refractivity contribution in [1.29, 1.82) is 0 Å². The van der Waals surface area contributed by atoms with E-state index in [2.05, 4.69) is 27.7 Å². The number of hydrogen-bond acceptors (Lipinski definition) is 22. The number of hydrogen-bond donors (Lipinski definition) is 3. The topological polar surface area (TPSA) is 307 Å². The van der Waals surface area contributed by atoms with Crippen LogP contribution in [0.5, 0.6) is 0 Å². The molecule has 15 saturated carbocycles. The monoisotopic (exact) mass is 2070 g/mol. The Morgan fingerprint density at radius 3 is 1.27 bits per heavy atom. The van der Waals surface area contributed by atoms with Gasteiger partial charge in [-0.2, -0.15) is 52.7 Å². The highest BCUT2D eigenvalue weighted by Gasteiger charge is 2.80. The summed E-state index contributed by atoms with van der Waals surface area (Å²) in [7, 11) is 0. The van der Waals surface area contributed by atoms with E-state index >= 15 is 0 Å². The molecule has 4 saturated heterocycles. The second-order valence-corrected chi connectivity index (χ2v) is 51.4. The van der Waals surface area contributed by atoms with Gasteiger partial charge in [0, 0.05) is 36.0 Å². The lowest BCUT2D eigenvalue weighted by Crippen LogP contribution is -2.67. The molecule has 19 aliphatic rings. The van der Waals surface area contributed by atoms with E-state index in [-0.39, 0.29) is 130 Å². The maximum absolute atomic E-state index is 13.3. The average molecular weight is 2070 g/mol. The Hall–Kier alpha value is -5.77. The Kier molecular flexibility index (Phi) is 34.1. The summed E-state index contributed by atoms with van der Waals surface area (Å²) in [6, 6.07) is 0. The normalized spacial score (nSPS) is 36.7. The van der Waals surface area contributed by atoms with Gasteiger partial charge in [0.25, 0.3) is 11.2 Å². The molecule has 0 aromatic heterocycles. The Bertz CT molecular complexity index is 4400. The number of aliphatic hydroxyl groups is 3. The molecule has 4 aliphatic heterocycles. The number of rotatable bonds is 25. The van der Waals surface area contributed by atoms with Crippen molar-refractivity contribution in [2.45, 2.75) is 491 Å². The summed E-state index contributed by atoms with van der Waals surface area (Å²) in [5.41, 5.74) is -16.5. The van der Waals surface area contributed by atoms with Crippen LogP contribution >= 0.6 is 0 Å². The number of carbonyl (C=O) groups is 9. The highest BCUT2D eigenvalue weighted by atomic mass is 19.4. The van der Waals surface area contributed by atoms with Gasteiger partial charge in [-0.3, -0.25) is 43.2 Å². The second-order valence-electron chi connectivity index (χ2n) is 51.4. The second kappa shape index (κ2) is 42.0. The summed E-state index contributed by atoms with van der Waals surface area (Å²) in [5.74, 6) is 1.66. The standard InChI is InChI=1S/C20H32O2.C18H22F12O4.C16H26O3.C16H26O2.C14H20O4.C13H18O5.C13H24O2/c1-5-19(3,4)18(21)22-20(6-2)11-14-10-15(20)17-13-8-7-12(9-13)16(14)17;1-4-12(2,3)11(31)34-10-6-8(13(32,15(19,20)21)16(22,23)24)5-9(7-10)14(33,17(25,26)27)18(28,29)30;1-4-14(2,3)13(17)19-16-8-11-5-12(9-16)7-15(18,6-11)10-16;1-4-16(2,3)15(17)18-14-9-10-8-13(14)12-7-5-6-11(10)12;1-4-14(2,3)13(16)18-10-7-5-8-9(6-7)12(15)17-11(8)10;1-4-13(2,3)12(15)18-9-7-5-6-8(16-7)10(9)17-11(6)14;1-5-12(3,4)11(14)15-13(6-2)9-7-8-10-13/h12-17H,5-11H2,1-4H3;8-10,32-33H,4-7H2,1-3H3;11-12,18H,4-10H2,1-3H3;10-14H,4-9H2,1-3H3;7-11H,4-6H2,1-3H3;6-10H,4-5H2,1-3H3;5-10H2,1-4H3. The zero-order valence-corrected chi connectivity index (χ0v) is 89.4. The van der Waals surface area contributed by atoms with Crippen molar-refractivity contribution in [1.82, 2.24) is 0 Å². The van der Waals surface area contributed by atoms with Gasteiger partial charge in [0.2, 0.25) is 0 Å². The van der Waals surface area contributed by atoms with Crippen LogP contribution < -0.4 is 0 Å². The van der Waals surface area contributed by atoms with Crippen LogP contribution in [0.4, 0.5) is 52.7 Å². The van der Waals surface area contributed by atoms with Gasteiger partial charge < -0.3 is 62.7 Å². The molecule has 144 heavy (non-hydrogen) atoms. The van der Waals surface area contributed by atoms with Gasteiger partial charge in [0.15, 0.2) is 12.2 Å². The van der Waals surface area contributed by atoms with Crippen LogP contribution in [-0.4, -0.2) is 176 Å². The van der Waals surface area contributed by atoms with Crippen molar-refractivity contribution in [3.8, 4) is 0 Å². The lowest BCUT2D eigenvalue weighted by molar-refractivity contribution is -0.405. The first-order valence-electron chi connectivity index (χ1n) is 54.4. The Morgan fingerprint density at radius 1 is 0.368 bits per heavy atom. The molecule has 0 radical (unpaired) electrons. The Balaban J connectivity index is 0.000000152. The summed E-state index contributed by atoms with van der Waals surface area (Å²) in [5, 5.41) is 29.9. The SMILES string of the molecule is CCC(C)(C)C(=O)OC1(CC)CC2CC1C1C3CCC(C3)C21.CCC(C)(C)C(=O)OC12CC3CC(CC(O)(C3)C1)C2.CCC(C)(C)C(=O)OC1C2CC3C(=O)OC1C3C2.CCC(C)(C)C(=O)OC1C2CC3C(=O)OC1C3O2.CCC(C)(C)C(=O)OC1CC(C(O)(C(F)(F)F)C(F)(F)F)CC(C(O)(C(F)(F)F)C(F)(F)F)C1.CCC(C)(C)C(=O)OC1CC2CC1C1CCCC21.CCC1(OC(=O)C(C)(C)CC)CCCC1. The number of alkyl halides is 12. The van der Waals surface area contributed by atoms with Crippen molar-refractivity contribution in [2.75, 3.05) is 0 Å². The first-order valence-corrected chi connectivity index (χ1v) is 54.4. The van der Waals surface area contributed by atoms with E-state index in [4.69, 9.17) is 47.4 Å². The van der Waals surface area contributed by atoms with Crippen LogP contribution in [-0.2, 0) is 90.5 Å². The van der Waals surface area contributed by atoms with Crippen LogP contribution in [0.3, 0.4) is 0 Å². The molecule has 26 atom stereocenters. The molecule has 0 amide bonds. The minimum atomic E-state index is -6.58. The molecule has 26 unspecified atom stereocenters.